The molecule has 0 spiro atoms. The molecule has 1 amide bonds. The van der Waals surface area contributed by atoms with Gasteiger partial charge < -0.3 is 14.4 Å². The maximum Gasteiger partial charge on any atom is 0.251 e. The molecule has 0 atom stereocenters. The molecule has 2 aromatic heterocycles. The van der Waals surface area contributed by atoms with E-state index in [-0.39, 0.29) is 12.5 Å². The second-order valence-corrected chi connectivity index (χ2v) is 7.77. The van der Waals surface area contributed by atoms with Crippen molar-refractivity contribution in [3.63, 3.8) is 0 Å². The van der Waals surface area contributed by atoms with Gasteiger partial charge in [-0.05, 0) is 42.0 Å². The van der Waals surface area contributed by atoms with Gasteiger partial charge in [0.2, 0.25) is 5.89 Å². The SMILES string of the molecule is O=C(NCc1nc(C2CCSCC2)no1)c1ccc(Cn2ccnc2)cc1. The lowest BCUT2D eigenvalue weighted by Gasteiger charge is -2.17. The first-order valence-electron chi connectivity index (χ1n) is 9.01. The number of hydrogen-bond acceptors (Lipinski definition) is 6. The van der Waals surface area contributed by atoms with Crippen molar-refractivity contribution in [3.05, 3.63) is 65.8 Å². The van der Waals surface area contributed by atoms with E-state index in [4.69, 9.17) is 4.52 Å². The van der Waals surface area contributed by atoms with E-state index >= 15 is 0 Å². The van der Waals surface area contributed by atoms with Crippen LogP contribution in [0.25, 0.3) is 0 Å². The number of imidazole rings is 1. The van der Waals surface area contributed by atoms with Gasteiger partial charge in [-0.25, -0.2) is 4.98 Å². The van der Waals surface area contributed by atoms with Crippen LogP contribution in [0.15, 0.2) is 47.5 Å². The summed E-state index contributed by atoms with van der Waals surface area (Å²) in [6, 6.07) is 7.53. The van der Waals surface area contributed by atoms with Crippen molar-refractivity contribution in [2.24, 2.45) is 0 Å². The van der Waals surface area contributed by atoms with Gasteiger partial charge in [-0.3, -0.25) is 4.79 Å². The van der Waals surface area contributed by atoms with Crippen LogP contribution in [0.3, 0.4) is 0 Å². The molecule has 7 nitrogen and oxygen atoms in total. The summed E-state index contributed by atoms with van der Waals surface area (Å²) in [5, 5.41) is 6.93. The van der Waals surface area contributed by atoms with Gasteiger partial charge in [0.05, 0.1) is 12.9 Å². The monoisotopic (exact) mass is 383 g/mol. The molecule has 1 aromatic carbocycles. The van der Waals surface area contributed by atoms with Crippen LogP contribution in [0.4, 0.5) is 0 Å². The Kier molecular flexibility index (Phi) is 5.53. The maximum absolute atomic E-state index is 12.3. The van der Waals surface area contributed by atoms with Crippen LogP contribution in [0, 0.1) is 0 Å². The molecule has 1 aliphatic rings. The standard InChI is InChI=1S/C19H21N5O2S/c25-19(16-3-1-14(2-4-16)12-24-8-7-20-13-24)21-11-17-22-18(23-26-17)15-5-9-27-10-6-15/h1-4,7-8,13,15H,5-6,9-12H2,(H,21,25). The Morgan fingerprint density at radius 2 is 2.07 bits per heavy atom. The Morgan fingerprint density at radius 1 is 1.26 bits per heavy atom. The summed E-state index contributed by atoms with van der Waals surface area (Å²) in [6.45, 7) is 0.969. The van der Waals surface area contributed by atoms with Crippen LogP contribution in [-0.2, 0) is 13.1 Å². The van der Waals surface area contributed by atoms with Gasteiger partial charge in [0.1, 0.15) is 0 Å². The first kappa shape index (κ1) is 17.8. The van der Waals surface area contributed by atoms with E-state index in [0.717, 1.165) is 42.3 Å². The molecule has 1 aliphatic heterocycles. The van der Waals surface area contributed by atoms with Crippen LogP contribution in [0.1, 0.15) is 46.4 Å². The summed E-state index contributed by atoms with van der Waals surface area (Å²) in [7, 11) is 0. The molecule has 1 saturated heterocycles. The lowest BCUT2D eigenvalue weighted by atomic mass is 10.0. The lowest BCUT2D eigenvalue weighted by Crippen LogP contribution is -2.23. The summed E-state index contributed by atoms with van der Waals surface area (Å²) in [5.74, 6) is 3.72. The summed E-state index contributed by atoms with van der Waals surface area (Å²) in [6.07, 6.45) is 7.59. The number of carbonyl (C=O) groups excluding carboxylic acids is 1. The van der Waals surface area contributed by atoms with E-state index in [1.165, 1.54) is 0 Å². The van der Waals surface area contributed by atoms with Gasteiger partial charge >= 0.3 is 0 Å². The third-order valence-corrected chi connectivity index (χ3v) is 5.66. The molecular weight excluding hydrogens is 362 g/mol. The van der Waals surface area contributed by atoms with Crippen molar-refractivity contribution in [1.29, 1.82) is 0 Å². The van der Waals surface area contributed by atoms with Crippen LogP contribution >= 0.6 is 11.8 Å². The zero-order valence-electron chi connectivity index (χ0n) is 14.9. The number of hydrogen-bond donors (Lipinski definition) is 1. The van der Waals surface area contributed by atoms with Crippen molar-refractivity contribution >= 4 is 17.7 Å². The fourth-order valence-electron chi connectivity index (χ4n) is 3.07. The minimum atomic E-state index is -0.155. The maximum atomic E-state index is 12.3. The Balaban J connectivity index is 1.30. The Labute approximate surface area is 161 Å². The molecule has 0 saturated carbocycles. The molecular formula is C19H21N5O2S. The van der Waals surface area contributed by atoms with Crippen LogP contribution in [0.2, 0.25) is 0 Å². The molecule has 0 bridgehead atoms. The molecule has 1 N–H and O–H groups in total. The largest absolute Gasteiger partial charge is 0.343 e. The van der Waals surface area contributed by atoms with Crippen LogP contribution in [-0.4, -0.2) is 37.1 Å². The molecule has 3 heterocycles. The predicted molar refractivity (Wildman–Crippen MR) is 103 cm³/mol. The highest BCUT2D eigenvalue weighted by atomic mass is 32.2. The summed E-state index contributed by atoms with van der Waals surface area (Å²) < 4.78 is 7.27. The van der Waals surface area contributed by atoms with Crippen molar-refractivity contribution in [3.8, 4) is 0 Å². The summed E-state index contributed by atoms with van der Waals surface area (Å²) in [5.41, 5.74) is 1.71. The third-order valence-electron chi connectivity index (χ3n) is 4.61. The second kappa shape index (κ2) is 8.39. The molecule has 4 rings (SSSR count). The fourth-order valence-corrected chi connectivity index (χ4v) is 4.18. The zero-order valence-corrected chi connectivity index (χ0v) is 15.7. The number of rotatable bonds is 6. The first-order chi connectivity index (χ1) is 13.3. The summed E-state index contributed by atoms with van der Waals surface area (Å²) in [4.78, 5) is 20.8. The smallest absolute Gasteiger partial charge is 0.251 e. The van der Waals surface area contributed by atoms with E-state index in [0.29, 0.717) is 17.4 Å². The Hall–Kier alpha value is -2.61. The van der Waals surface area contributed by atoms with Gasteiger partial charge in [0, 0.05) is 30.4 Å². The van der Waals surface area contributed by atoms with E-state index in [9.17, 15) is 4.79 Å². The quantitative estimate of drug-likeness (QED) is 0.704. The molecule has 140 valence electrons. The third kappa shape index (κ3) is 4.57. The number of thioether (sulfide) groups is 1. The average Bonchev–Trinajstić information content (AvgIpc) is 3.39. The predicted octanol–water partition coefficient (Wildman–Crippen LogP) is 2.86. The van der Waals surface area contributed by atoms with Crippen molar-refractivity contribution in [1.82, 2.24) is 25.0 Å². The van der Waals surface area contributed by atoms with Crippen LogP contribution < -0.4 is 5.32 Å². The summed E-state index contributed by atoms with van der Waals surface area (Å²) >= 11 is 1.97. The number of amides is 1. The van der Waals surface area contributed by atoms with E-state index in [1.807, 2.05) is 46.8 Å². The highest BCUT2D eigenvalue weighted by Crippen LogP contribution is 2.29. The lowest BCUT2D eigenvalue weighted by molar-refractivity contribution is 0.0946. The number of benzene rings is 1. The van der Waals surface area contributed by atoms with Gasteiger partial charge in [-0.2, -0.15) is 16.7 Å². The Bertz CT molecular complexity index is 870. The van der Waals surface area contributed by atoms with E-state index < -0.39 is 0 Å². The molecule has 0 unspecified atom stereocenters. The molecule has 0 aliphatic carbocycles. The van der Waals surface area contributed by atoms with Gasteiger partial charge in [-0.15, -0.1) is 0 Å². The topological polar surface area (TPSA) is 85.8 Å². The van der Waals surface area contributed by atoms with Gasteiger partial charge in [0.15, 0.2) is 5.82 Å². The van der Waals surface area contributed by atoms with Crippen molar-refractivity contribution in [2.45, 2.75) is 31.8 Å². The molecule has 27 heavy (non-hydrogen) atoms. The number of nitrogens with zero attached hydrogens (tertiary/aromatic N) is 4. The molecule has 0 radical (unpaired) electrons. The van der Waals surface area contributed by atoms with Gasteiger partial charge in [0.25, 0.3) is 5.91 Å². The number of carbonyl (C=O) groups is 1. The second-order valence-electron chi connectivity index (χ2n) is 6.55. The first-order valence-corrected chi connectivity index (χ1v) is 10.2. The normalized spacial score (nSPS) is 15.0. The Morgan fingerprint density at radius 3 is 2.81 bits per heavy atom. The average molecular weight is 383 g/mol. The highest BCUT2D eigenvalue weighted by Gasteiger charge is 2.21. The van der Waals surface area contributed by atoms with Crippen LogP contribution in [0.5, 0.6) is 0 Å². The molecule has 8 heteroatoms. The van der Waals surface area contributed by atoms with Crippen molar-refractivity contribution < 1.29 is 9.32 Å². The van der Waals surface area contributed by atoms with E-state index in [2.05, 4.69) is 20.4 Å². The minimum absolute atomic E-state index is 0.155. The fraction of sp³-hybridized carbons (Fsp3) is 0.368. The van der Waals surface area contributed by atoms with Crippen molar-refractivity contribution in [2.75, 3.05) is 11.5 Å². The number of nitrogens with one attached hydrogen (secondary N) is 1. The minimum Gasteiger partial charge on any atom is -0.343 e. The molecule has 3 aromatic rings. The zero-order chi connectivity index (χ0) is 18.5. The molecule has 1 fully saturated rings. The van der Waals surface area contributed by atoms with E-state index in [1.54, 1.807) is 12.5 Å². The van der Waals surface area contributed by atoms with Gasteiger partial charge in [-0.1, -0.05) is 17.3 Å². The number of aromatic nitrogens is 4. The highest BCUT2D eigenvalue weighted by molar-refractivity contribution is 7.99.